The van der Waals surface area contributed by atoms with Gasteiger partial charge in [-0.2, -0.15) is 0 Å². The minimum atomic E-state index is -1.49. The summed E-state index contributed by atoms with van der Waals surface area (Å²) >= 11 is 0. The second kappa shape index (κ2) is 14.4. The predicted molar refractivity (Wildman–Crippen MR) is 122 cm³/mol. The van der Waals surface area contributed by atoms with Crippen LogP contribution in [0.3, 0.4) is 0 Å². The Bertz CT molecular complexity index is 936. The Labute approximate surface area is 206 Å². The van der Waals surface area contributed by atoms with Crippen LogP contribution in [0.1, 0.15) is 45.2 Å². The quantitative estimate of drug-likeness (QED) is 0.123. The smallest absolute Gasteiger partial charge is 0.326 e. The zero-order chi connectivity index (χ0) is 27.4. The Morgan fingerprint density at radius 1 is 0.972 bits per heavy atom. The van der Waals surface area contributed by atoms with Crippen LogP contribution < -0.4 is 21.7 Å². The standard InChI is InChI=1S/C21H32N6O9/c1-3-10(2)17(20(34)26-14(21(35)36)6-11-8-23-9-24-11)27-19(33)13(4-5-15(28)29)25-18(32)12(22)7-16(30)31/h8-10,12-14,17H,3-7,22H2,1-2H3,(H,23,24)(H,25,32)(H,26,34)(H,27,33)(H,28,29)(H,30,31)(H,35,36). The molecule has 0 aliphatic rings. The fourth-order valence-corrected chi connectivity index (χ4v) is 3.13. The highest BCUT2D eigenvalue weighted by Gasteiger charge is 2.33. The summed E-state index contributed by atoms with van der Waals surface area (Å²) in [5.41, 5.74) is 5.97. The van der Waals surface area contributed by atoms with Crippen molar-refractivity contribution in [1.82, 2.24) is 25.9 Å². The Morgan fingerprint density at radius 3 is 2.11 bits per heavy atom. The molecular formula is C21H32N6O9. The first kappa shape index (κ1) is 30.0. The molecule has 0 aliphatic carbocycles. The molecule has 9 N–H and O–H groups in total. The molecule has 0 aromatic carbocycles. The van der Waals surface area contributed by atoms with E-state index in [0.29, 0.717) is 12.1 Å². The molecule has 0 saturated heterocycles. The molecule has 5 atom stereocenters. The van der Waals surface area contributed by atoms with E-state index in [4.69, 9.17) is 15.9 Å². The van der Waals surface area contributed by atoms with Gasteiger partial charge < -0.3 is 42.0 Å². The van der Waals surface area contributed by atoms with E-state index in [1.54, 1.807) is 13.8 Å². The van der Waals surface area contributed by atoms with Crippen LogP contribution in [0.15, 0.2) is 12.5 Å². The molecule has 1 aromatic rings. The molecule has 15 nitrogen and oxygen atoms in total. The van der Waals surface area contributed by atoms with Crippen molar-refractivity contribution < 1.29 is 44.1 Å². The van der Waals surface area contributed by atoms with Gasteiger partial charge in [0.1, 0.15) is 18.1 Å². The van der Waals surface area contributed by atoms with Crippen LogP contribution >= 0.6 is 0 Å². The monoisotopic (exact) mass is 512 g/mol. The number of nitrogens with two attached hydrogens (primary N) is 1. The van der Waals surface area contributed by atoms with Crippen molar-refractivity contribution >= 4 is 35.6 Å². The summed E-state index contributed by atoms with van der Waals surface area (Å²) in [5.74, 6) is -7.08. The van der Waals surface area contributed by atoms with Crippen molar-refractivity contribution in [2.75, 3.05) is 0 Å². The molecule has 0 spiro atoms. The van der Waals surface area contributed by atoms with Crippen molar-refractivity contribution in [3.05, 3.63) is 18.2 Å². The number of nitrogens with one attached hydrogen (secondary N) is 4. The van der Waals surface area contributed by atoms with Crippen molar-refractivity contribution in [2.24, 2.45) is 11.7 Å². The fraction of sp³-hybridized carbons (Fsp3) is 0.571. The maximum absolute atomic E-state index is 13.0. The Morgan fingerprint density at radius 2 is 1.61 bits per heavy atom. The van der Waals surface area contributed by atoms with Crippen LogP contribution in [0.4, 0.5) is 0 Å². The van der Waals surface area contributed by atoms with E-state index in [0.717, 1.165) is 0 Å². The first-order valence-electron chi connectivity index (χ1n) is 11.2. The zero-order valence-electron chi connectivity index (χ0n) is 19.9. The van der Waals surface area contributed by atoms with Gasteiger partial charge in [-0.3, -0.25) is 24.0 Å². The number of imidazole rings is 1. The van der Waals surface area contributed by atoms with Gasteiger partial charge in [-0.15, -0.1) is 0 Å². The average molecular weight is 513 g/mol. The second-order valence-corrected chi connectivity index (χ2v) is 8.25. The molecule has 3 amide bonds. The van der Waals surface area contributed by atoms with Gasteiger partial charge >= 0.3 is 17.9 Å². The molecule has 36 heavy (non-hydrogen) atoms. The molecule has 1 aromatic heterocycles. The number of carboxylic acids is 3. The van der Waals surface area contributed by atoms with Crippen molar-refractivity contribution in [2.45, 2.75) is 70.1 Å². The van der Waals surface area contributed by atoms with Gasteiger partial charge in [-0.1, -0.05) is 20.3 Å². The normalized spacial score (nSPS) is 15.0. The maximum atomic E-state index is 13.0. The predicted octanol–water partition coefficient (Wildman–Crippen LogP) is -1.80. The third-order valence-electron chi connectivity index (χ3n) is 5.40. The third-order valence-corrected chi connectivity index (χ3v) is 5.40. The van der Waals surface area contributed by atoms with Gasteiger partial charge in [-0.25, -0.2) is 9.78 Å². The molecule has 0 radical (unpaired) electrons. The third kappa shape index (κ3) is 10.1. The summed E-state index contributed by atoms with van der Waals surface area (Å²) in [6, 6.07) is -5.48. The van der Waals surface area contributed by atoms with Crippen molar-refractivity contribution in [1.29, 1.82) is 0 Å². The van der Waals surface area contributed by atoms with Crippen LogP contribution in [-0.2, 0) is 35.2 Å². The molecule has 200 valence electrons. The molecule has 0 saturated carbocycles. The number of carbonyl (C=O) groups is 6. The Kier molecular flexibility index (Phi) is 12.0. The number of hydrogen-bond acceptors (Lipinski definition) is 8. The Balaban J connectivity index is 3.03. The number of aromatic amines is 1. The molecule has 0 fully saturated rings. The lowest BCUT2D eigenvalue weighted by molar-refractivity contribution is -0.142. The van der Waals surface area contributed by atoms with Gasteiger partial charge in [-0.05, 0) is 12.3 Å². The molecule has 1 heterocycles. The van der Waals surface area contributed by atoms with Gasteiger partial charge in [0, 0.05) is 24.7 Å². The molecule has 0 bridgehead atoms. The van der Waals surface area contributed by atoms with Gasteiger partial charge in [0.25, 0.3) is 0 Å². The van der Waals surface area contributed by atoms with E-state index < -0.39 is 78.6 Å². The highest BCUT2D eigenvalue weighted by atomic mass is 16.4. The molecule has 0 aliphatic heterocycles. The van der Waals surface area contributed by atoms with Crippen LogP contribution in [0.25, 0.3) is 0 Å². The average Bonchev–Trinajstić information content (AvgIpc) is 3.31. The Hall–Kier alpha value is -4.01. The molecule has 15 heteroatoms. The van der Waals surface area contributed by atoms with E-state index in [9.17, 15) is 33.9 Å². The van der Waals surface area contributed by atoms with Crippen LogP contribution in [0.5, 0.6) is 0 Å². The number of amides is 3. The number of nitrogens with zero attached hydrogens (tertiary/aromatic N) is 1. The number of rotatable bonds is 16. The lowest BCUT2D eigenvalue weighted by Crippen LogP contribution is -2.59. The highest BCUT2D eigenvalue weighted by molar-refractivity contribution is 5.95. The number of carboxylic acid groups (broad SMARTS) is 3. The molecule has 1 rings (SSSR count). The summed E-state index contributed by atoms with van der Waals surface area (Å²) < 4.78 is 0. The first-order chi connectivity index (χ1) is 16.8. The number of carbonyl (C=O) groups excluding carboxylic acids is 3. The lowest BCUT2D eigenvalue weighted by Gasteiger charge is -2.28. The van der Waals surface area contributed by atoms with Gasteiger partial charge in [0.05, 0.1) is 18.8 Å². The van der Waals surface area contributed by atoms with Gasteiger partial charge in [0.2, 0.25) is 17.7 Å². The lowest BCUT2D eigenvalue weighted by atomic mass is 9.96. The SMILES string of the molecule is CCC(C)C(NC(=O)C(CCC(=O)O)NC(=O)C(N)CC(=O)O)C(=O)NC(Cc1cnc[nH]1)C(=O)O. The largest absolute Gasteiger partial charge is 0.481 e. The van der Waals surface area contributed by atoms with E-state index in [-0.39, 0.29) is 12.8 Å². The maximum Gasteiger partial charge on any atom is 0.326 e. The van der Waals surface area contributed by atoms with Crippen LogP contribution in [0.2, 0.25) is 0 Å². The summed E-state index contributed by atoms with van der Waals surface area (Å²) in [6.07, 6.45) is 1.47. The highest BCUT2D eigenvalue weighted by Crippen LogP contribution is 2.11. The van der Waals surface area contributed by atoms with Crippen LogP contribution in [-0.4, -0.2) is 85.1 Å². The van der Waals surface area contributed by atoms with E-state index in [2.05, 4.69) is 25.9 Å². The second-order valence-electron chi connectivity index (χ2n) is 8.25. The number of aromatic nitrogens is 2. The fourth-order valence-electron chi connectivity index (χ4n) is 3.13. The molecular weight excluding hydrogens is 480 g/mol. The van der Waals surface area contributed by atoms with E-state index >= 15 is 0 Å². The van der Waals surface area contributed by atoms with E-state index in [1.165, 1.54) is 12.5 Å². The minimum absolute atomic E-state index is 0.0962. The number of aliphatic carboxylic acids is 3. The topological polar surface area (TPSA) is 254 Å². The van der Waals surface area contributed by atoms with Gasteiger partial charge in [0.15, 0.2) is 0 Å². The van der Waals surface area contributed by atoms with Crippen molar-refractivity contribution in [3.8, 4) is 0 Å². The first-order valence-corrected chi connectivity index (χ1v) is 11.2. The summed E-state index contributed by atoms with van der Waals surface area (Å²) in [7, 11) is 0. The zero-order valence-corrected chi connectivity index (χ0v) is 19.9. The summed E-state index contributed by atoms with van der Waals surface area (Å²) in [5, 5.41) is 34.4. The number of hydrogen-bond donors (Lipinski definition) is 8. The van der Waals surface area contributed by atoms with E-state index in [1.807, 2.05) is 0 Å². The van der Waals surface area contributed by atoms with Crippen LogP contribution in [0, 0.1) is 5.92 Å². The summed E-state index contributed by atoms with van der Waals surface area (Å²) in [6.45, 7) is 3.38. The van der Waals surface area contributed by atoms with Crippen molar-refractivity contribution in [3.63, 3.8) is 0 Å². The minimum Gasteiger partial charge on any atom is -0.481 e. The number of H-pyrrole nitrogens is 1. The summed E-state index contributed by atoms with van der Waals surface area (Å²) in [4.78, 5) is 78.2. The molecule has 5 unspecified atom stereocenters.